The highest BCUT2D eigenvalue weighted by Crippen LogP contribution is 2.18. The first kappa shape index (κ1) is 9.45. The minimum atomic E-state index is -1.02. The zero-order valence-electron chi connectivity index (χ0n) is 8.26. The number of nitrogens with zero attached hydrogens (tertiary/aromatic N) is 3. The number of hydrogen-bond donors (Lipinski definition) is 1. The largest absolute Gasteiger partial charge is 0.482 e. The zero-order chi connectivity index (χ0) is 11.0. The Kier molecular flexibility index (Phi) is 2.03. The van der Waals surface area contributed by atoms with E-state index < -0.39 is 5.97 Å². The van der Waals surface area contributed by atoms with E-state index in [-0.39, 0.29) is 5.56 Å². The van der Waals surface area contributed by atoms with Gasteiger partial charge in [0.25, 0.3) is 0 Å². The van der Waals surface area contributed by atoms with E-state index in [9.17, 15) is 4.79 Å². The molecule has 0 spiro atoms. The summed E-state index contributed by atoms with van der Waals surface area (Å²) in [5, 5.41) is 16.5. The maximum Gasteiger partial charge on any atom is 0.336 e. The number of pyridine rings is 1. The number of carboxylic acid groups (broad SMARTS) is 1. The van der Waals surface area contributed by atoms with Gasteiger partial charge in [-0.1, -0.05) is 0 Å². The lowest BCUT2D eigenvalue weighted by Gasteiger charge is -2.05. The van der Waals surface area contributed by atoms with Gasteiger partial charge in [-0.15, -0.1) is 10.2 Å². The molecule has 0 radical (unpaired) electrons. The predicted molar refractivity (Wildman–Crippen MR) is 51.2 cm³/mol. The Bertz CT molecular complexity index is 533. The molecule has 0 aliphatic heterocycles. The molecule has 0 bridgehead atoms. The monoisotopic (exact) mass is 207 g/mol. The maximum atomic E-state index is 10.8. The predicted octanol–water partition coefficient (Wildman–Crippen LogP) is 0.745. The van der Waals surface area contributed by atoms with Crippen molar-refractivity contribution in [2.45, 2.75) is 6.92 Å². The lowest BCUT2D eigenvalue weighted by atomic mass is 10.2. The van der Waals surface area contributed by atoms with Crippen LogP contribution in [0.4, 0.5) is 0 Å². The third-order valence-electron chi connectivity index (χ3n) is 2.09. The van der Waals surface area contributed by atoms with Crippen LogP contribution in [0.2, 0.25) is 0 Å². The minimum absolute atomic E-state index is 0.131. The van der Waals surface area contributed by atoms with Gasteiger partial charge in [0.05, 0.1) is 12.7 Å². The fraction of sp³-hybridized carbons (Fsp3) is 0.222. The molecule has 1 N–H and O–H groups in total. The van der Waals surface area contributed by atoms with Crippen molar-refractivity contribution in [3.63, 3.8) is 0 Å². The Morgan fingerprint density at radius 1 is 1.47 bits per heavy atom. The Morgan fingerprint density at radius 2 is 2.20 bits per heavy atom. The van der Waals surface area contributed by atoms with Gasteiger partial charge in [-0.2, -0.15) is 0 Å². The van der Waals surface area contributed by atoms with Crippen LogP contribution >= 0.6 is 0 Å². The van der Waals surface area contributed by atoms with Gasteiger partial charge in [0.1, 0.15) is 5.82 Å². The number of carbonyl (C=O) groups is 1. The van der Waals surface area contributed by atoms with Crippen LogP contribution in [0.3, 0.4) is 0 Å². The van der Waals surface area contributed by atoms with Crippen molar-refractivity contribution >= 4 is 11.6 Å². The summed E-state index contributed by atoms with van der Waals surface area (Å²) in [5.41, 5.74) is 0.594. The van der Waals surface area contributed by atoms with Crippen LogP contribution in [0, 0.1) is 6.92 Å². The molecule has 6 heteroatoms. The van der Waals surface area contributed by atoms with Crippen LogP contribution in [0.1, 0.15) is 16.2 Å². The maximum absolute atomic E-state index is 10.8. The van der Waals surface area contributed by atoms with E-state index in [1.807, 2.05) is 0 Å². The topological polar surface area (TPSA) is 76.7 Å². The molecule has 0 unspecified atom stereocenters. The second-order valence-corrected chi connectivity index (χ2v) is 3.03. The van der Waals surface area contributed by atoms with Crippen LogP contribution in [-0.2, 0) is 0 Å². The summed E-state index contributed by atoms with van der Waals surface area (Å²) >= 11 is 0. The molecule has 2 heterocycles. The average molecular weight is 207 g/mol. The molecule has 0 aliphatic rings. The molecule has 0 atom stereocenters. The van der Waals surface area contributed by atoms with Gasteiger partial charge in [-0.05, 0) is 13.0 Å². The zero-order valence-corrected chi connectivity index (χ0v) is 8.26. The van der Waals surface area contributed by atoms with Crippen LogP contribution in [-0.4, -0.2) is 32.8 Å². The Hall–Kier alpha value is -2.11. The summed E-state index contributed by atoms with van der Waals surface area (Å²) in [7, 11) is 1.47. The van der Waals surface area contributed by atoms with Gasteiger partial charge in [0.2, 0.25) is 5.88 Å². The molecule has 6 nitrogen and oxygen atoms in total. The molecule has 15 heavy (non-hydrogen) atoms. The highest BCUT2D eigenvalue weighted by atomic mass is 16.5. The van der Waals surface area contributed by atoms with Crippen LogP contribution in [0.5, 0.6) is 5.88 Å². The molecule has 0 saturated carbocycles. The van der Waals surface area contributed by atoms with E-state index in [2.05, 4.69) is 10.2 Å². The van der Waals surface area contributed by atoms with Crippen molar-refractivity contribution < 1.29 is 14.6 Å². The van der Waals surface area contributed by atoms with Crippen molar-refractivity contribution in [1.29, 1.82) is 0 Å². The summed E-state index contributed by atoms with van der Waals surface area (Å²) in [6.07, 6.45) is 0. The number of aryl methyl sites for hydroxylation is 1. The Morgan fingerprint density at radius 3 is 2.80 bits per heavy atom. The fourth-order valence-electron chi connectivity index (χ4n) is 1.40. The van der Waals surface area contributed by atoms with Crippen LogP contribution < -0.4 is 4.74 Å². The molecular formula is C9H9N3O3. The summed E-state index contributed by atoms with van der Waals surface area (Å²) in [6, 6.07) is 2.89. The Labute approximate surface area is 85.1 Å². The van der Waals surface area contributed by atoms with E-state index in [4.69, 9.17) is 9.84 Å². The van der Waals surface area contributed by atoms with Gasteiger partial charge >= 0.3 is 5.97 Å². The standard InChI is InChI=1S/C9H9N3O3/c1-5-10-11-7-3-6(9(13)14)4-8(15-2)12(5)7/h3-4H,1-2H3,(H,13,14). The molecular weight excluding hydrogens is 198 g/mol. The van der Waals surface area contributed by atoms with Gasteiger partial charge in [0.15, 0.2) is 5.65 Å². The molecule has 0 fully saturated rings. The second kappa shape index (κ2) is 3.23. The lowest BCUT2D eigenvalue weighted by molar-refractivity contribution is 0.0696. The Balaban J connectivity index is 2.79. The SMILES string of the molecule is COc1cc(C(=O)O)cc2nnc(C)n12. The first-order valence-electron chi connectivity index (χ1n) is 4.26. The van der Waals surface area contributed by atoms with Crippen molar-refractivity contribution in [3.8, 4) is 5.88 Å². The quantitative estimate of drug-likeness (QED) is 0.786. The third kappa shape index (κ3) is 1.39. The summed E-state index contributed by atoms with van der Waals surface area (Å²) in [6.45, 7) is 1.77. The van der Waals surface area contributed by atoms with Gasteiger partial charge in [-0.3, -0.25) is 0 Å². The smallest absolute Gasteiger partial charge is 0.336 e. The molecule has 2 aromatic heterocycles. The van der Waals surface area contributed by atoms with Crippen LogP contribution in [0.25, 0.3) is 5.65 Å². The lowest BCUT2D eigenvalue weighted by Crippen LogP contribution is -2.02. The molecule has 78 valence electrons. The van der Waals surface area contributed by atoms with Gasteiger partial charge in [0, 0.05) is 6.07 Å². The van der Waals surface area contributed by atoms with E-state index in [0.29, 0.717) is 17.4 Å². The van der Waals surface area contributed by atoms with E-state index in [0.717, 1.165) is 0 Å². The van der Waals surface area contributed by atoms with Crippen molar-refractivity contribution in [2.24, 2.45) is 0 Å². The average Bonchev–Trinajstić information content (AvgIpc) is 2.59. The fourth-order valence-corrected chi connectivity index (χ4v) is 1.40. The number of carboxylic acids is 1. The molecule has 0 aromatic carbocycles. The van der Waals surface area contributed by atoms with Crippen molar-refractivity contribution in [2.75, 3.05) is 7.11 Å². The number of methoxy groups -OCH3 is 1. The number of rotatable bonds is 2. The minimum Gasteiger partial charge on any atom is -0.482 e. The normalized spacial score (nSPS) is 10.5. The molecule has 2 rings (SSSR count). The van der Waals surface area contributed by atoms with Crippen LogP contribution in [0.15, 0.2) is 12.1 Å². The number of hydrogen-bond acceptors (Lipinski definition) is 4. The van der Waals surface area contributed by atoms with Gasteiger partial charge < -0.3 is 9.84 Å². The first-order chi connectivity index (χ1) is 7.13. The third-order valence-corrected chi connectivity index (χ3v) is 2.09. The van der Waals surface area contributed by atoms with E-state index >= 15 is 0 Å². The highest BCUT2D eigenvalue weighted by molar-refractivity contribution is 5.89. The van der Waals surface area contributed by atoms with E-state index in [1.165, 1.54) is 19.2 Å². The molecule has 2 aromatic rings. The number of aromatic carboxylic acids is 1. The van der Waals surface area contributed by atoms with Crippen molar-refractivity contribution in [3.05, 3.63) is 23.5 Å². The highest BCUT2D eigenvalue weighted by Gasteiger charge is 2.12. The number of fused-ring (bicyclic) bond motifs is 1. The van der Waals surface area contributed by atoms with E-state index in [1.54, 1.807) is 11.3 Å². The molecule has 0 amide bonds. The summed E-state index contributed by atoms with van der Waals surface area (Å²) in [4.78, 5) is 10.8. The first-order valence-corrected chi connectivity index (χ1v) is 4.26. The number of ether oxygens (including phenoxy) is 1. The molecule has 0 saturated heterocycles. The summed E-state index contributed by atoms with van der Waals surface area (Å²) < 4.78 is 6.72. The molecule has 0 aliphatic carbocycles. The number of aromatic nitrogens is 3. The summed E-state index contributed by atoms with van der Waals surface area (Å²) in [5.74, 6) is 0.0441. The van der Waals surface area contributed by atoms with Gasteiger partial charge in [-0.25, -0.2) is 9.20 Å². The van der Waals surface area contributed by atoms with Crippen molar-refractivity contribution in [1.82, 2.24) is 14.6 Å². The second-order valence-electron chi connectivity index (χ2n) is 3.03.